The molecule has 0 saturated carbocycles. The third kappa shape index (κ3) is 10.2. The molecule has 22 heavy (non-hydrogen) atoms. The average molecular weight is 307 g/mol. The Balaban J connectivity index is 1.77. The van der Waals surface area contributed by atoms with E-state index in [2.05, 4.69) is 0 Å². The lowest BCUT2D eigenvalue weighted by atomic mass is 10.1. The number of carbonyl (C=O) groups is 1. The van der Waals surface area contributed by atoms with Crippen LogP contribution in [-0.4, -0.2) is 17.7 Å². The van der Waals surface area contributed by atoms with Gasteiger partial charge < -0.3 is 4.74 Å². The highest BCUT2D eigenvalue weighted by Gasteiger charge is 1.98. The summed E-state index contributed by atoms with van der Waals surface area (Å²) in [7, 11) is 0. The first-order valence-electron chi connectivity index (χ1n) is 8.43. The SMILES string of the molecule is O=C(CCCCCCCCCCCOc1ccccc1)NO. The van der Waals surface area contributed by atoms with E-state index < -0.39 is 0 Å². The smallest absolute Gasteiger partial charge is 0.243 e. The zero-order valence-electron chi connectivity index (χ0n) is 13.4. The van der Waals surface area contributed by atoms with Crippen LogP contribution in [0.15, 0.2) is 30.3 Å². The van der Waals surface area contributed by atoms with Gasteiger partial charge in [0.05, 0.1) is 6.61 Å². The molecule has 0 aliphatic rings. The minimum atomic E-state index is -0.280. The molecule has 0 aliphatic carbocycles. The molecular weight excluding hydrogens is 278 g/mol. The van der Waals surface area contributed by atoms with Gasteiger partial charge in [0.15, 0.2) is 0 Å². The summed E-state index contributed by atoms with van der Waals surface area (Å²) in [6, 6.07) is 9.96. The Kier molecular flexibility index (Phi) is 11.0. The van der Waals surface area contributed by atoms with Crippen molar-refractivity contribution in [2.24, 2.45) is 0 Å². The number of para-hydroxylation sites is 1. The van der Waals surface area contributed by atoms with Gasteiger partial charge in [-0.2, -0.15) is 0 Å². The van der Waals surface area contributed by atoms with E-state index in [0.717, 1.165) is 31.6 Å². The van der Waals surface area contributed by atoms with Gasteiger partial charge >= 0.3 is 0 Å². The van der Waals surface area contributed by atoms with Gasteiger partial charge in [0, 0.05) is 6.42 Å². The number of ether oxygens (including phenoxy) is 1. The van der Waals surface area contributed by atoms with E-state index in [1.165, 1.54) is 38.5 Å². The van der Waals surface area contributed by atoms with Gasteiger partial charge in [-0.1, -0.05) is 63.1 Å². The molecule has 0 heterocycles. The predicted octanol–water partition coefficient (Wildman–Crippen LogP) is 4.47. The highest BCUT2D eigenvalue weighted by atomic mass is 16.5. The van der Waals surface area contributed by atoms with Crippen molar-refractivity contribution in [3.05, 3.63) is 30.3 Å². The molecule has 1 amide bonds. The van der Waals surface area contributed by atoms with Crippen LogP contribution in [0, 0.1) is 0 Å². The molecule has 0 aliphatic heterocycles. The van der Waals surface area contributed by atoms with E-state index in [1.54, 1.807) is 5.48 Å². The summed E-state index contributed by atoms with van der Waals surface area (Å²) in [5, 5.41) is 8.35. The van der Waals surface area contributed by atoms with E-state index in [-0.39, 0.29) is 5.91 Å². The van der Waals surface area contributed by atoms with Gasteiger partial charge in [-0.15, -0.1) is 0 Å². The Labute approximate surface area is 133 Å². The quantitative estimate of drug-likeness (QED) is 0.321. The van der Waals surface area contributed by atoms with Crippen molar-refractivity contribution in [1.29, 1.82) is 0 Å². The molecule has 2 N–H and O–H groups in total. The monoisotopic (exact) mass is 307 g/mol. The minimum Gasteiger partial charge on any atom is -0.494 e. The topological polar surface area (TPSA) is 58.6 Å². The fourth-order valence-corrected chi connectivity index (χ4v) is 2.39. The molecule has 1 aromatic carbocycles. The first kappa shape index (κ1) is 18.5. The lowest BCUT2D eigenvalue weighted by molar-refractivity contribution is -0.129. The molecule has 124 valence electrons. The largest absolute Gasteiger partial charge is 0.494 e. The summed E-state index contributed by atoms with van der Waals surface area (Å²) >= 11 is 0. The second kappa shape index (κ2) is 13.1. The molecule has 0 saturated heterocycles. The summed E-state index contributed by atoms with van der Waals surface area (Å²) in [6.45, 7) is 0.803. The van der Waals surface area contributed by atoms with Crippen LogP contribution in [0.4, 0.5) is 0 Å². The van der Waals surface area contributed by atoms with Gasteiger partial charge in [0.2, 0.25) is 5.91 Å². The van der Waals surface area contributed by atoms with Crippen molar-refractivity contribution in [2.75, 3.05) is 6.61 Å². The first-order chi connectivity index (χ1) is 10.8. The molecule has 1 aromatic rings. The van der Waals surface area contributed by atoms with E-state index in [4.69, 9.17) is 9.94 Å². The second-order valence-electron chi connectivity index (χ2n) is 5.63. The van der Waals surface area contributed by atoms with E-state index in [1.807, 2.05) is 30.3 Å². The van der Waals surface area contributed by atoms with Crippen LogP contribution >= 0.6 is 0 Å². The fraction of sp³-hybridized carbons (Fsp3) is 0.611. The number of nitrogens with one attached hydrogen (secondary N) is 1. The molecule has 1 rings (SSSR count). The molecular formula is C18H29NO3. The number of hydrogen-bond donors (Lipinski definition) is 2. The first-order valence-corrected chi connectivity index (χ1v) is 8.43. The second-order valence-corrected chi connectivity index (χ2v) is 5.63. The Morgan fingerprint density at radius 3 is 2.00 bits per heavy atom. The summed E-state index contributed by atoms with van der Waals surface area (Å²) in [4.78, 5) is 10.8. The number of amides is 1. The maximum absolute atomic E-state index is 10.8. The number of benzene rings is 1. The number of hydrogen-bond acceptors (Lipinski definition) is 3. The van der Waals surface area contributed by atoms with Gasteiger partial charge in [-0.3, -0.25) is 10.0 Å². The minimum absolute atomic E-state index is 0.280. The maximum atomic E-state index is 10.8. The highest BCUT2D eigenvalue weighted by Crippen LogP contribution is 2.12. The summed E-state index contributed by atoms with van der Waals surface area (Å²) < 4.78 is 5.66. The van der Waals surface area contributed by atoms with Crippen molar-refractivity contribution in [3.8, 4) is 5.75 Å². The summed E-state index contributed by atoms with van der Waals surface area (Å²) in [5.74, 6) is 0.676. The van der Waals surface area contributed by atoms with Crippen LogP contribution in [0.5, 0.6) is 5.75 Å². The molecule has 0 aromatic heterocycles. The zero-order valence-corrected chi connectivity index (χ0v) is 13.4. The number of rotatable bonds is 13. The van der Waals surface area contributed by atoms with Crippen molar-refractivity contribution < 1.29 is 14.7 Å². The molecule has 0 bridgehead atoms. The molecule has 0 radical (unpaired) electrons. The Morgan fingerprint density at radius 1 is 0.864 bits per heavy atom. The van der Waals surface area contributed by atoms with Crippen molar-refractivity contribution >= 4 is 5.91 Å². The average Bonchev–Trinajstić information content (AvgIpc) is 2.56. The highest BCUT2D eigenvalue weighted by molar-refractivity contribution is 5.74. The Morgan fingerprint density at radius 2 is 1.41 bits per heavy atom. The van der Waals surface area contributed by atoms with Crippen LogP contribution in [0.2, 0.25) is 0 Å². The number of unbranched alkanes of at least 4 members (excludes halogenated alkanes) is 8. The van der Waals surface area contributed by atoms with Gasteiger partial charge in [-0.05, 0) is 25.0 Å². The molecule has 0 unspecified atom stereocenters. The molecule has 0 spiro atoms. The molecule has 0 fully saturated rings. The maximum Gasteiger partial charge on any atom is 0.243 e. The third-order valence-electron chi connectivity index (χ3n) is 3.68. The van der Waals surface area contributed by atoms with E-state index >= 15 is 0 Å². The van der Waals surface area contributed by atoms with Gasteiger partial charge in [0.1, 0.15) is 5.75 Å². The van der Waals surface area contributed by atoms with Gasteiger partial charge in [-0.25, -0.2) is 5.48 Å². The van der Waals surface area contributed by atoms with Crippen LogP contribution in [0.3, 0.4) is 0 Å². The summed E-state index contributed by atoms with van der Waals surface area (Å²) in [6.07, 6.45) is 10.9. The van der Waals surface area contributed by atoms with Crippen LogP contribution in [-0.2, 0) is 4.79 Å². The van der Waals surface area contributed by atoms with Gasteiger partial charge in [0.25, 0.3) is 0 Å². The normalized spacial score (nSPS) is 10.4. The van der Waals surface area contributed by atoms with Crippen LogP contribution in [0.25, 0.3) is 0 Å². The lowest BCUT2D eigenvalue weighted by Gasteiger charge is -2.05. The molecule has 4 heteroatoms. The summed E-state index contributed by atoms with van der Waals surface area (Å²) in [5.41, 5.74) is 1.66. The van der Waals surface area contributed by atoms with Crippen molar-refractivity contribution in [1.82, 2.24) is 5.48 Å². The predicted molar refractivity (Wildman–Crippen MR) is 88.0 cm³/mol. The zero-order chi connectivity index (χ0) is 15.9. The number of carbonyl (C=O) groups excluding carboxylic acids is 1. The Bertz CT molecular complexity index is 381. The molecule has 0 atom stereocenters. The van der Waals surface area contributed by atoms with E-state index in [0.29, 0.717) is 6.42 Å². The Hall–Kier alpha value is -1.55. The van der Waals surface area contributed by atoms with Crippen LogP contribution in [0.1, 0.15) is 64.2 Å². The standard InChI is InChI=1S/C18H29NO3/c20-18(19-21)15-11-6-4-2-1-3-5-7-12-16-22-17-13-9-8-10-14-17/h8-10,13-14,21H,1-7,11-12,15-16H2,(H,19,20). The third-order valence-corrected chi connectivity index (χ3v) is 3.68. The lowest BCUT2D eigenvalue weighted by Crippen LogP contribution is -2.17. The van der Waals surface area contributed by atoms with Crippen molar-refractivity contribution in [3.63, 3.8) is 0 Å². The number of hydroxylamine groups is 1. The fourth-order valence-electron chi connectivity index (χ4n) is 2.39. The molecule has 4 nitrogen and oxygen atoms in total. The van der Waals surface area contributed by atoms with Crippen LogP contribution < -0.4 is 10.2 Å². The van der Waals surface area contributed by atoms with Crippen molar-refractivity contribution in [2.45, 2.75) is 64.2 Å². The van der Waals surface area contributed by atoms with E-state index in [9.17, 15) is 4.79 Å².